The molecule has 2 aromatic rings. The lowest BCUT2D eigenvalue weighted by atomic mass is 10.4. The average Bonchev–Trinajstić information content (AvgIpc) is 2.79. The number of nitrogens with zero attached hydrogens (tertiary/aromatic N) is 2. The van der Waals surface area contributed by atoms with Gasteiger partial charge in [-0.05, 0) is 19.1 Å². The number of sulfonamides is 1. The Morgan fingerprint density at radius 2 is 2.05 bits per heavy atom. The van der Waals surface area contributed by atoms with Gasteiger partial charge in [0.1, 0.15) is 4.90 Å². The molecule has 0 spiro atoms. The largest absolute Gasteiger partial charge is 0.271 e. The minimum absolute atomic E-state index is 0.00779. The molecule has 102 valence electrons. The summed E-state index contributed by atoms with van der Waals surface area (Å²) in [4.78, 5) is -0.0762. The lowest BCUT2D eigenvalue weighted by Crippen LogP contribution is -2.14. The van der Waals surface area contributed by atoms with Gasteiger partial charge in [-0.1, -0.05) is 29.3 Å². The van der Waals surface area contributed by atoms with E-state index in [2.05, 4.69) is 9.82 Å². The predicted molar refractivity (Wildman–Crippen MR) is 75.2 cm³/mol. The third-order valence-corrected chi connectivity index (χ3v) is 4.74. The number of nitrogens with one attached hydrogen (secondary N) is 1. The summed E-state index contributed by atoms with van der Waals surface area (Å²) in [6, 6.07) is 6.00. The van der Waals surface area contributed by atoms with Crippen molar-refractivity contribution >= 4 is 39.0 Å². The maximum absolute atomic E-state index is 12.2. The predicted octanol–water partition coefficient (Wildman–Crippen LogP) is 3.01. The summed E-state index contributed by atoms with van der Waals surface area (Å²) in [6.07, 6.45) is 1.68. The molecule has 1 aromatic heterocycles. The van der Waals surface area contributed by atoms with Crippen molar-refractivity contribution in [3.05, 3.63) is 40.5 Å². The molecule has 8 heteroatoms. The lowest BCUT2D eigenvalue weighted by molar-refractivity contribution is 0.600. The average molecular weight is 320 g/mol. The smallest absolute Gasteiger partial charge is 0.264 e. The van der Waals surface area contributed by atoms with Crippen LogP contribution in [0.5, 0.6) is 0 Å². The van der Waals surface area contributed by atoms with Gasteiger partial charge in [-0.3, -0.25) is 9.40 Å². The van der Waals surface area contributed by atoms with Crippen molar-refractivity contribution in [1.29, 1.82) is 0 Å². The number of aryl methyl sites for hydroxylation is 1. The molecule has 0 aliphatic carbocycles. The van der Waals surface area contributed by atoms with Crippen molar-refractivity contribution in [3.8, 4) is 0 Å². The zero-order valence-corrected chi connectivity index (χ0v) is 12.3. The van der Waals surface area contributed by atoms with Gasteiger partial charge in [0.05, 0.1) is 10.0 Å². The Labute approximate surface area is 121 Å². The highest BCUT2D eigenvalue weighted by atomic mass is 35.5. The minimum atomic E-state index is -3.80. The van der Waals surface area contributed by atoms with Gasteiger partial charge >= 0.3 is 0 Å². The lowest BCUT2D eigenvalue weighted by Gasteiger charge is -2.08. The summed E-state index contributed by atoms with van der Waals surface area (Å²) in [7, 11) is -3.80. The Balaban J connectivity index is 2.35. The van der Waals surface area contributed by atoms with Crippen LogP contribution in [0.1, 0.15) is 6.92 Å². The van der Waals surface area contributed by atoms with E-state index < -0.39 is 10.0 Å². The van der Waals surface area contributed by atoms with E-state index in [1.807, 2.05) is 6.92 Å². The fraction of sp³-hybridized carbons (Fsp3) is 0.182. The second kappa shape index (κ2) is 5.40. The molecule has 0 saturated heterocycles. The van der Waals surface area contributed by atoms with Crippen LogP contribution >= 0.6 is 23.2 Å². The monoisotopic (exact) mass is 319 g/mol. The zero-order chi connectivity index (χ0) is 14.0. The van der Waals surface area contributed by atoms with Crippen molar-refractivity contribution in [2.45, 2.75) is 18.4 Å². The van der Waals surface area contributed by atoms with Crippen LogP contribution in [0.2, 0.25) is 10.0 Å². The van der Waals surface area contributed by atoms with Gasteiger partial charge in [-0.25, -0.2) is 8.42 Å². The summed E-state index contributed by atoms with van der Waals surface area (Å²) in [5.41, 5.74) is 0. The van der Waals surface area contributed by atoms with Crippen molar-refractivity contribution in [2.24, 2.45) is 0 Å². The van der Waals surface area contributed by atoms with E-state index in [-0.39, 0.29) is 20.8 Å². The van der Waals surface area contributed by atoms with Gasteiger partial charge in [0.15, 0.2) is 5.82 Å². The highest BCUT2D eigenvalue weighted by molar-refractivity contribution is 7.92. The third-order valence-electron chi connectivity index (χ3n) is 2.41. The van der Waals surface area contributed by atoms with Crippen molar-refractivity contribution in [1.82, 2.24) is 9.78 Å². The summed E-state index contributed by atoms with van der Waals surface area (Å²) < 4.78 is 28.3. The molecule has 1 N–H and O–H groups in total. The van der Waals surface area contributed by atoms with Crippen LogP contribution < -0.4 is 4.72 Å². The standard InChI is InChI=1S/C11H11Cl2N3O2S/c1-2-16-7-6-10(14-16)15-19(17,18)9-5-3-4-8(12)11(9)13/h3-7H,2H2,1H3,(H,14,15). The van der Waals surface area contributed by atoms with Crippen molar-refractivity contribution in [2.75, 3.05) is 4.72 Å². The number of halogens is 2. The van der Waals surface area contributed by atoms with Gasteiger partial charge in [-0.2, -0.15) is 5.10 Å². The molecular formula is C11H11Cl2N3O2S. The van der Waals surface area contributed by atoms with Gasteiger partial charge in [0, 0.05) is 18.8 Å². The number of hydrogen-bond donors (Lipinski definition) is 1. The topological polar surface area (TPSA) is 64.0 Å². The van der Waals surface area contributed by atoms with E-state index in [0.717, 1.165) is 0 Å². The molecule has 2 rings (SSSR count). The number of anilines is 1. The molecule has 0 amide bonds. The van der Waals surface area contributed by atoms with Crippen molar-refractivity contribution in [3.63, 3.8) is 0 Å². The number of hydrogen-bond acceptors (Lipinski definition) is 3. The number of rotatable bonds is 4. The first kappa shape index (κ1) is 14.2. The summed E-state index contributed by atoms with van der Waals surface area (Å²) in [5, 5.41) is 4.22. The molecule has 0 aliphatic heterocycles. The molecule has 1 aromatic carbocycles. The Kier molecular flexibility index (Phi) is 4.03. The van der Waals surface area contributed by atoms with Crippen LogP contribution in [0.15, 0.2) is 35.4 Å². The quantitative estimate of drug-likeness (QED) is 0.942. The highest BCUT2D eigenvalue weighted by Crippen LogP contribution is 2.29. The maximum atomic E-state index is 12.2. The molecule has 0 fully saturated rings. The first-order valence-corrected chi connectivity index (χ1v) is 7.68. The van der Waals surface area contributed by atoms with Crippen LogP contribution in [-0.2, 0) is 16.6 Å². The van der Waals surface area contributed by atoms with E-state index in [0.29, 0.717) is 6.54 Å². The first-order chi connectivity index (χ1) is 8.94. The maximum Gasteiger partial charge on any atom is 0.264 e. The van der Waals surface area contributed by atoms with E-state index in [1.54, 1.807) is 16.9 Å². The van der Waals surface area contributed by atoms with Crippen LogP contribution in [0.3, 0.4) is 0 Å². The van der Waals surface area contributed by atoms with Crippen LogP contribution in [0, 0.1) is 0 Å². The van der Waals surface area contributed by atoms with E-state index >= 15 is 0 Å². The summed E-state index contributed by atoms with van der Waals surface area (Å²) in [6.45, 7) is 2.55. The van der Waals surface area contributed by atoms with Gasteiger partial charge < -0.3 is 0 Å². The fourth-order valence-corrected chi connectivity index (χ4v) is 3.24. The van der Waals surface area contributed by atoms with Crippen LogP contribution in [-0.4, -0.2) is 18.2 Å². The summed E-state index contributed by atoms with van der Waals surface area (Å²) >= 11 is 11.7. The Hall–Kier alpha value is -1.24. The van der Waals surface area contributed by atoms with Crippen molar-refractivity contribution < 1.29 is 8.42 Å². The van der Waals surface area contributed by atoms with Gasteiger partial charge in [0.25, 0.3) is 10.0 Å². The molecule has 0 unspecified atom stereocenters. The van der Waals surface area contributed by atoms with E-state index in [1.165, 1.54) is 18.2 Å². The second-order valence-electron chi connectivity index (χ2n) is 3.71. The molecule has 0 saturated carbocycles. The normalized spacial score (nSPS) is 11.5. The van der Waals surface area contributed by atoms with Gasteiger partial charge in [-0.15, -0.1) is 0 Å². The molecule has 0 atom stereocenters. The Bertz CT molecular complexity index is 698. The molecule has 19 heavy (non-hydrogen) atoms. The fourth-order valence-electron chi connectivity index (χ4n) is 1.48. The number of aromatic nitrogens is 2. The van der Waals surface area contributed by atoms with E-state index in [9.17, 15) is 8.42 Å². The van der Waals surface area contributed by atoms with Crippen LogP contribution in [0.25, 0.3) is 0 Å². The molecule has 1 heterocycles. The second-order valence-corrected chi connectivity index (χ2v) is 6.15. The van der Waals surface area contributed by atoms with Crippen LogP contribution in [0.4, 0.5) is 5.82 Å². The summed E-state index contributed by atoms with van der Waals surface area (Å²) in [5.74, 6) is 0.234. The molecule has 5 nitrogen and oxygen atoms in total. The Morgan fingerprint density at radius 1 is 1.32 bits per heavy atom. The molecular weight excluding hydrogens is 309 g/mol. The van der Waals surface area contributed by atoms with Gasteiger partial charge in [0.2, 0.25) is 0 Å². The number of benzene rings is 1. The SMILES string of the molecule is CCn1ccc(NS(=O)(=O)c2cccc(Cl)c2Cl)n1. The van der Waals surface area contributed by atoms with E-state index in [4.69, 9.17) is 23.2 Å². The first-order valence-electron chi connectivity index (χ1n) is 5.44. The highest BCUT2D eigenvalue weighted by Gasteiger charge is 2.20. The molecule has 0 bridgehead atoms. The zero-order valence-electron chi connectivity index (χ0n) is 9.97. The minimum Gasteiger partial charge on any atom is -0.271 e. The Morgan fingerprint density at radius 3 is 2.68 bits per heavy atom. The molecule has 0 radical (unpaired) electrons. The molecule has 0 aliphatic rings. The third kappa shape index (κ3) is 3.02.